The second-order valence-electron chi connectivity index (χ2n) is 5.13. The number of nitro benzene ring substituents is 2. The number of aromatic nitrogens is 2. The van der Waals surface area contributed by atoms with Crippen molar-refractivity contribution in [2.24, 2.45) is 0 Å². The maximum atomic E-state index is 12.3. The van der Waals surface area contributed by atoms with Gasteiger partial charge in [0.15, 0.2) is 0 Å². The van der Waals surface area contributed by atoms with Crippen LogP contribution in [0.1, 0.15) is 10.4 Å². The summed E-state index contributed by atoms with van der Waals surface area (Å²) in [6, 6.07) is 8.76. The van der Waals surface area contributed by atoms with E-state index in [9.17, 15) is 25.0 Å². The maximum Gasteiger partial charge on any atom is 0.322 e. The first kappa shape index (κ1) is 17.9. The van der Waals surface area contributed by atoms with Gasteiger partial charge in [0.2, 0.25) is 5.89 Å². The summed E-state index contributed by atoms with van der Waals surface area (Å²) in [6.07, 6.45) is 0. The molecule has 1 amide bonds. The van der Waals surface area contributed by atoms with Crippen LogP contribution in [0.2, 0.25) is 5.02 Å². The van der Waals surface area contributed by atoms with Gasteiger partial charge in [-0.1, -0.05) is 16.7 Å². The molecule has 1 aromatic heterocycles. The van der Waals surface area contributed by atoms with E-state index in [0.29, 0.717) is 10.6 Å². The Morgan fingerprint density at radius 3 is 2.15 bits per heavy atom. The molecule has 0 aliphatic carbocycles. The number of rotatable bonds is 5. The molecule has 0 spiro atoms. The van der Waals surface area contributed by atoms with Crippen LogP contribution in [-0.4, -0.2) is 26.0 Å². The Kier molecular flexibility index (Phi) is 4.77. The number of non-ortho nitro benzene ring substituents is 2. The van der Waals surface area contributed by atoms with Crippen LogP contribution >= 0.6 is 11.6 Å². The van der Waals surface area contributed by atoms with E-state index in [0.717, 1.165) is 18.2 Å². The molecule has 0 aliphatic heterocycles. The molecule has 12 heteroatoms. The Labute approximate surface area is 154 Å². The summed E-state index contributed by atoms with van der Waals surface area (Å²) in [5.74, 6) is -0.778. The smallest absolute Gasteiger partial charge is 0.322 e. The minimum absolute atomic E-state index is 0.104. The van der Waals surface area contributed by atoms with Gasteiger partial charge in [0.05, 0.1) is 21.5 Å². The first-order chi connectivity index (χ1) is 12.8. The SMILES string of the molecule is O=C(Nc1nnc(-c2ccc(Cl)cc2)o1)c1cc([N+](=O)[O-])cc([N+](=O)[O-])c1. The van der Waals surface area contributed by atoms with Gasteiger partial charge in [0.25, 0.3) is 17.3 Å². The molecule has 0 aliphatic rings. The lowest BCUT2D eigenvalue weighted by atomic mass is 10.1. The molecular formula is C15H8ClN5O6. The number of nitro groups is 2. The Morgan fingerprint density at radius 1 is 1.00 bits per heavy atom. The zero-order chi connectivity index (χ0) is 19.6. The van der Waals surface area contributed by atoms with Gasteiger partial charge in [0.1, 0.15) is 0 Å². The molecular weight excluding hydrogens is 382 g/mol. The van der Waals surface area contributed by atoms with Gasteiger partial charge in [-0.15, -0.1) is 5.10 Å². The normalized spacial score (nSPS) is 10.4. The molecule has 3 aromatic rings. The van der Waals surface area contributed by atoms with Gasteiger partial charge >= 0.3 is 6.01 Å². The fraction of sp³-hybridized carbons (Fsp3) is 0. The van der Waals surface area contributed by atoms with E-state index < -0.39 is 27.1 Å². The van der Waals surface area contributed by atoms with Crippen molar-refractivity contribution in [3.05, 3.63) is 73.3 Å². The zero-order valence-electron chi connectivity index (χ0n) is 13.2. The number of hydrogen-bond donors (Lipinski definition) is 1. The van der Waals surface area contributed by atoms with Crippen molar-refractivity contribution in [3.8, 4) is 11.5 Å². The minimum atomic E-state index is -0.881. The Balaban J connectivity index is 1.84. The summed E-state index contributed by atoms with van der Waals surface area (Å²) in [4.78, 5) is 32.4. The third-order valence-electron chi connectivity index (χ3n) is 3.32. The molecule has 3 rings (SSSR count). The molecule has 1 heterocycles. The van der Waals surface area contributed by atoms with Gasteiger partial charge in [0, 0.05) is 22.7 Å². The summed E-state index contributed by atoms with van der Waals surface area (Å²) >= 11 is 5.79. The number of amides is 1. The second-order valence-corrected chi connectivity index (χ2v) is 5.56. The van der Waals surface area contributed by atoms with Crippen molar-refractivity contribution in [3.63, 3.8) is 0 Å². The number of nitrogens with one attached hydrogen (secondary N) is 1. The summed E-state index contributed by atoms with van der Waals surface area (Å²) in [6.45, 7) is 0. The van der Waals surface area contributed by atoms with Crippen molar-refractivity contribution < 1.29 is 19.1 Å². The number of nitrogens with zero attached hydrogens (tertiary/aromatic N) is 4. The fourth-order valence-electron chi connectivity index (χ4n) is 2.09. The van der Waals surface area contributed by atoms with Crippen LogP contribution in [0.4, 0.5) is 17.4 Å². The number of anilines is 1. The molecule has 0 saturated heterocycles. The highest BCUT2D eigenvalue weighted by Crippen LogP contribution is 2.25. The highest BCUT2D eigenvalue weighted by Gasteiger charge is 2.21. The van der Waals surface area contributed by atoms with E-state index in [1.54, 1.807) is 24.3 Å². The topological polar surface area (TPSA) is 154 Å². The van der Waals surface area contributed by atoms with Crippen molar-refractivity contribution in [1.82, 2.24) is 10.2 Å². The molecule has 0 fully saturated rings. The fourth-order valence-corrected chi connectivity index (χ4v) is 2.22. The van der Waals surface area contributed by atoms with Crippen LogP contribution in [0.3, 0.4) is 0 Å². The van der Waals surface area contributed by atoms with Crippen LogP contribution in [0, 0.1) is 20.2 Å². The molecule has 2 aromatic carbocycles. The van der Waals surface area contributed by atoms with E-state index in [1.807, 2.05) is 0 Å². The number of benzene rings is 2. The van der Waals surface area contributed by atoms with Crippen LogP contribution in [0.15, 0.2) is 46.9 Å². The number of carbonyl (C=O) groups is 1. The largest absolute Gasteiger partial charge is 0.403 e. The number of carbonyl (C=O) groups excluding carboxylic acids is 1. The lowest BCUT2D eigenvalue weighted by molar-refractivity contribution is -0.394. The quantitative estimate of drug-likeness (QED) is 0.513. The molecule has 0 bridgehead atoms. The van der Waals surface area contributed by atoms with Gasteiger partial charge in [-0.05, 0) is 24.3 Å². The third-order valence-corrected chi connectivity index (χ3v) is 3.57. The molecule has 0 radical (unpaired) electrons. The zero-order valence-corrected chi connectivity index (χ0v) is 13.9. The molecule has 1 N–H and O–H groups in total. The van der Waals surface area contributed by atoms with Gasteiger partial charge in [-0.2, -0.15) is 0 Å². The lowest BCUT2D eigenvalue weighted by Gasteiger charge is -2.01. The highest BCUT2D eigenvalue weighted by atomic mass is 35.5. The first-order valence-electron chi connectivity index (χ1n) is 7.18. The van der Waals surface area contributed by atoms with Crippen molar-refractivity contribution in [1.29, 1.82) is 0 Å². The van der Waals surface area contributed by atoms with E-state index in [2.05, 4.69) is 15.5 Å². The summed E-state index contributed by atoms with van der Waals surface area (Å²) in [5.41, 5.74) is -0.941. The van der Waals surface area contributed by atoms with Crippen molar-refractivity contribution in [2.45, 2.75) is 0 Å². The third kappa shape index (κ3) is 4.04. The number of hydrogen-bond acceptors (Lipinski definition) is 8. The summed E-state index contributed by atoms with van der Waals surface area (Å²) in [7, 11) is 0. The van der Waals surface area contributed by atoms with E-state index >= 15 is 0 Å². The first-order valence-corrected chi connectivity index (χ1v) is 7.56. The standard InChI is InChI=1S/C15H8ClN5O6/c16-10-3-1-8(2-4-10)14-18-19-15(27-14)17-13(22)9-5-11(20(23)24)7-12(6-9)21(25)26/h1-7H,(H,17,19,22). The van der Waals surface area contributed by atoms with E-state index in [-0.39, 0.29) is 17.5 Å². The van der Waals surface area contributed by atoms with E-state index in [1.165, 1.54) is 0 Å². The van der Waals surface area contributed by atoms with Crippen molar-refractivity contribution in [2.75, 3.05) is 5.32 Å². The molecule has 27 heavy (non-hydrogen) atoms. The second kappa shape index (κ2) is 7.17. The molecule has 0 unspecified atom stereocenters. The number of halogens is 1. The van der Waals surface area contributed by atoms with Gasteiger partial charge in [-0.3, -0.25) is 30.3 Å². The molecule has 136 valence electrons. The Bertz CT molecular complexity index is 1020. The average Bonchev–Trinajstić information content (AvgIpc) is 3.10. The predicted molar refractivity (Wildman–Crippen MR) is 92.4 cm³/mol. The van der Waals surface area contributed by atoms with Crippen LogP contribution < -0.4 is 5.32 Å². The highest BCUT2D eigenvalue weighted by molar-refractivity contribution is 6.30. The van der Waals surface area contributed by atoms with Crippen molar-refractivity contribution >= 4 is 34.9 Å². The molecule has 0 atom stereocenters. The predicted octanol–water partition coefficient (Wildman–Crippen LogP) is 3.46. The Hall–Kier alpha value is -3.86. The van der Waals surface area contributed by atoms with Crippen LogP contribution in [0.5, 0.6) is 0 Å². The van der Waals surface area contributed by atoms with Crippen LogP contribution in [0.25, 0.3) is 11.5 Å². The average molecular weight is 390 g/mol. The lowest BCUT2D eigenvalue weighted by Crippen LogP contribution is -2.13. The van der Waals surface area contributed by atoms with E-state index in [4.69, 9.17) is 16.0 Å². The molecule has 11 nitrogen and oxygen atoms in total. The van der Waals surface area contributed by atoms with Gasteiger partial charge < -0.3 is 4.42 Å². The monoisotopic (exact) mass is 389 g/mol. The molecule has 0 saturated carbocycles. The Morgan fingerprint density at radius 2 is 1.59 bits per heavy atom. The van der Waals surface area contributed by atoms with Crippen LogP contribution in [-0.2, 0) is 0 Å². The maximum absolute atomic E-state index is 12.3. The summed E-state index contributed by atoms with van der Waals surface area (Å²) < 4.78 is 5.29. The summed E-state index contributed by atoms with van der Waals surface area (Å²) in [5, 5.41) is 32.0. The van der Waals surface area contributed by atoms with Gasteiger partial charge in [-0.25, -0.2) is 0 Å². The minimum Gasteiger partial charge on any atom is -0.403 e.